The van der Waals surface area contributed by atoms with Crippen molar-refractivity contribution in [3.63, 3.8) is 0 Å². The Kier molecular flexibility index (Phi) is 6.20. The van der Waals surface area contributed by atoms with E-state index in [0.717, 1.165) is 5.75 Å². The van der Waals surface area contributed by atoms with Gasteiger partial charge in [-0.25, -0.2) is 0 Å². The summed E-state index contributed by atoms with van der Waals surface area (Å²) in [4.78, 5) is 11.2. The van der Waals surface area contributed by atoms with Crippen LogP contribution in [0.3, 0.4) is 0 Å². The lowest BCUT2D eigenvalue weighted by Gasteiger charge is -2.29. The molecule has 0 aromatic carbocycles. The van der Waals surface area contributed by atoms with Crippen LogP contribution in [0, 0.1) is 11.3 Å². The highest BCUT2D eigenvalue weighted by Crippen LogP contribution is 2.31. The van der Waals surface area contributed by atoms with Crippen molar-refractivity contribution in [1.82, 2.24) is 0 Å². The third-order valence-corrected chi connectivity index (χ3v) is 3.04. The van der Waals surface area contributed by atoms with Crippen LogP contribution in [0.1, 0.15) is 26.7 Å². The Labute approximate surface area is 90.4 Å². The number of aliphatic carboxylic acids is 1. The second-order valence-electron chi connectivity index (χ2n) is 4.13. The molecule has 0 radical (unpaired) electrons. The first kappa shape index (κ1) is 13.8. The molecule has 1 atom stereocenters. The van der Waals surface area contributed by atoms with Gasteiger partial charge in [-0.2, -0.15) is 11.8 Å². The van der Waals surface area contributed by atoms with Crippen LogP contribution < -0.4 is 5.73 Å². The third-order valence-electron chi connectivity index (χ3n) is 2.43. The van der Waals surface area contributed by atoms with Crippen LogP contribution in [0.25, 0.3) is 0 Å². The monoisotopic (exact) mass is 219 g/mol. The molecule has 14 heavy (non-hydrogen) atoms. The van der Waals surface area contributed by atoms with Crippen LogP contribution in [-0.4, -0.2) is 29.6 Å². The minimum Gasteiger partial charge on any atom is -0.481 e. The molecule has 0 amide bonds. The van der Waals surface area contributed by atoms with Crippen molar-refractivity contribution in [2.75, 3.05) is 18.6 Å². The number of carboxylic acids is 1. The molecule has 0 fully saturated rings. The lowest BCUT2D eigenvalue weighted by molar-refractivity contribution is -0.149. The zero-order valence-electron chi connectivity index (χ0n) is 9.25. The molecule has 1 unspecified atom stereocenters. The van der Waals surface area contributed by atoms with Crippen molar-refractivity contribution in [3.05, 3.63) is 0 Å². The van der Waals surface area contributed by atoms with Crippen LogP contribution >= 0.6 is 11.8 Å². The lowest BCUT2D eigenvalue weighted by Crippen LogP contribution is -2.40. The number of thioether (sulfide) groups is 1. The topological polar surface area (TPSA) is 63.3 Å². The van der Waals surface area contributed by atoms with E-state index >= 15 is 0 Å². The molecule has 3 nitrogen and oxygen atoms in total. The van der Waals surface area contributed by atoms with Crippen molar-refractivity contribution in [2.45, 2.75) is 26.7 Å². The second-order valence-corrected chi connectivity index (χ2v) is 5.12. The van der Waals surface area contributed by atoms with Crippen molar-refractivity contribution >= 4 is 17.7 Å². The summed E-state index contributed by atoms with van der Waals surface area (Å²) in [5, 5.41) is 9.21. The van der Waals surface area contributed by atoms with Gasteiger partial charge in [-0.3, -0.25) is 4.79 Å². The predicted molar refractivity (Wildman–Crippen MR) is 61.6 cm³/mol. The number of nitrogens with two attached hydrogens (primary N) is 1. The van der Waals surface area contributed by atoms with Crippen LogP contribution in [0.4, 0.5) is 0 Å². The molecular weight excluding hydrogens is 198 g/mol. The molecule has 3 N–H and O–H groups in total. The number of rotatable bonds is 7. The van der Waals surface area contributed by atoms with Crippen LogP contribution in [-0.2, 0) is 4.79 Å². The van der Waals surface area contributed by atoms with E-state index in [4.69, 9.17) is 5.73 Å². The van der Waals surface area contributed by atoms with Gasteiger partial charge in [0.05, 0.1) is 5.41 Å². The van der Waals surface area contributed by atoms with E-state index in [9.17, 15) is 9.90 Å². The zero-order chi connectivity index (χ0) is 11.2. The first-order valence-corrected chi connectivity index (χ1v) is 6.30. The average Bonchev–Trinajstić information content (AvgIpc) is 2.11. The highest BCUT2D eigenvalue weighted by atomic mass is 32.2. The molecule has 0 spiro atoms. The van der Waals surface area contributed by atoms with Gasteiger partial charge in [0.15, 0.2) is 0 Å². The minimum atomic E-state index is -0.747. The molecule has 0 aromatic rings. The molecule has 0 aliphatic carbocycles. The number of carbonyl (C=O) groups is 1. The lowest BCUT2D eigenvalue weighted by atomic mass is 9.78. The Morgan fingerprint density at radius 2 is 2.14 bits per heavy atom. The fourth-order valence-corrected chi connectivity index (χ4v) is 2.24. The molecule has 0 aromatic heterocycles. The summed E-state index contributed by atoms with van der Waals surface area (Å²) in [7, 11) is 0. The van der Waals surface area contributed by atoms with Gasteiger partial charge in [-0.15, -0.1) is 0 Å². The Balaban J connectivity index is 4.51. The first-order valence-electron chi connectivity index (χ1n) is 4.91. The molecule has 0 bridgehead atoms. The van der Waals surface area contributed by atoms with Gasteiger partial charge < -0.3 is 10.8 Å². The summed E-state index contributed by atoms with van der Waals surface area (Å²) < 4.78 is 0. The van der Waals surface area contributed by atoms with Gasteiger partial charge in [0, 0.05) is 6.54 Å². The molecule has 0 aliphatic heterocycles. The van der Waals surface area contributed by atoms with Crippen LogP contribution in [0.5, 0.6) is 0 Å². The Bertz CT molecular complexity index is 185. The van der Waals surface area contributed by atoms with Crippen LogP contribution in [0.15, 0.2) is 0 Å². The summed E-state index contributed by atoms with van der Waals surface area (Å²) in [6.45, 7) is 4.31. The maximum Gasteiger partial charge on any atom is 0.310 e. The quantitative estimate of drug-likeness (QED) is 0.685. The van der Waals surface area contributed by atoms with Crippen molar-refractivity contribution in [2.24, 2.45) is 17.1 Å². The second kappa shape index (κ2) is 6.30. The SMILES string of the molecule is CSCCC(CN)(CC(C)C)C(=O)O. The van der Waals surface area contributed by atoms with Gasteiger partial charge in [-0.05, 0) is 30.8 Å². The van der Waals surface area contributed by atoms with E-state index in [1.807, 2.05) is 20.1 Å². The van der Waals surface area contributed by atoms with Crippen molar-refractivity contribution in [1.29, 1.82) is 0 Å². The van der Waals surface area contributed by atoms with Crippen LogP contribution in [0.2, 0.25) is 0 Å². The molecule has 0 heterocycles. The maximum atomic E-state index is 11.2. The summed E-state index contributed by atoms with van der Waals surface area (Å²) >= 11 is 1.67. The summed E-state index contributed by atoms with van der Waals surface area (Å²) in [6.07, 6.45) is 3.32. The standard InChI is InChI=1S/C10H21NO2S/c1-8(2)6-10(7-11,9(12)13)4-5-14-3/h8H,4-7,11H2,1-3H3,(H,12,13). The van der Waals surface area contributed by atoms with Gasteiger partial charge in [-0.1, -0.05) is 13.8 Å². The number of hydrogen-bond donors (Lipinski definition) is 2. The average molecular weight is 219 g/mol. The molecule has 4 heteroatoms. The van der Waals surface area contributed by atoms with E-state index in [0.29, 0.717) is 18.8 Å². The Morgan fingerprint density at radius 1 is 1.57 bits per heavy atom. The van der Waals surface area contributed by atoms with Gasteiger partial charge >= 0.3 is 5.97 Å². The molecule has 0 aliphatic rings. The first-order chi connectivity index (χ1) is 6.48. The van der Waals surface area contributed by atoms with Gasteiger partial charge in [0.2, 0.25) is 0 Å². The van der Waals surface area contributed by atoms with Crippen molar-refractivity contribution < 1.29 is 9.90 Å². The van der Waals surface area contributed by atoms with E-state index in [-0.39, 0.29) is 6.54 Å². The molecule has 0 saturated heterocycles. The number of hydrogen-bond acceptors (Lipinski definition) is 3. The Morgan fingerprint density at radius 3 is 2.43 bits per heavy atom. The van der Waals surface area contributed by atoms with Gasteiger partial charge in [0.1, 0.15) is 0 Å². The largest absolute Gasteiger partial charge is 0.481 e. The molecule has 0 rings (SSSR count). The summed E-state index contributed by atoms with van der Waals surface area (Å²) in [6, 6.07) is 0. The van der Waals surface area contributed by atoms with E-state index in [2.05, 4.69) is 0 Å². The molecule has 84 valence electrons. The zero-order valence-corrected chi connectivity index (χ0v) is 10.1. The smallest absolute Gasteiger partial charge is 0.310 e. The molecular formula is C10H21NO2S. The van der Waals surface area contributed by atoms with E-state index in [1.54, 1.807) is 11.8 Å². The predicted octanol–water partition coefficient (Wildman–Crippen LogP) is 1.82. The van der Waals surface area contributed by atoms with Crippen molar-refractivity contribution in [3.8, 4) is 0 Å². The highest BCUT2D eigenvalue weighted by Gasteiger charge is 2.36. The fourth-order valence-electron chi connectivity index (χ4n) is 1.65. The fraction of sp³-hybridized carbons (Fsp3) is 0.900. The Hall–Kier alpha value is -0.220. The normalized spacial score (nSPS) is 15.5. The van der Waals surface area contributed by atoms with E-state index < -0.39 is 11.4 Å². The summed E-state index contributed by atoms with van der Waals surface area (Å²) in [5.74, 6) is 0.482. The highest BCUT2D eigenvalue weighted by molar-refractivity contribution is 7.98. The van der Waals surface area contributed by atoms with E-state index in [1.165, 1.54) is 0 Å². The third kappa shape index (κ3) is 3.88. The summed E-state index contributed by atoms with van der Waals surface area (Å²) in [5.41, 5.74) is 4.90. The van der Waals surface area contributed by atoms with Gasteiger partial charge in [0.25, 0.3) is 0 Å². The minimum absolute atomic E-state index is 0.237. The molecule has 0 saturated carbocycles. The number of carboxylic acid groups (broad SMARTS) is 1. The maximum absolute atomic E-state index is 11.2.